The highest BCUT2D eigenvalue weighted by molar-refractivity contribution is 6.33. The zero-order chi connectivity index (χ0) is 16.5. The Morgan fingerprint density at radius 3 is 2.41 bits per heavy atom. The Kier molecular flexibility index (Phi) is 4.29. The second-order valence-electron chi connectivity index (χ2n) is 5.56. The lowest BCUT2D eigenvalue weighted by Gasteiger charge is -2.32. The average molecular weight is 325 g/mol. The summed E-state index contributed by atoms with van der Waals surface area (Å²) in [5, 5.41) is 0.291. The molecule has 0 aromatic heterocycles. The number of rotatable bonds is 3. The third-order valence-electron chi connectivity index (χ3n) is 4.52. The van der Waals surface area contributed by atoms with E-state index in [2.05, 4.69) is 6.58 Å². The molecule has 0 saturated heterocycles. The SMILES string of the molecule is C=C[C@H]1CC(C(=O)OC)(C(=O)OC)C[C@@]12C=CC(=O)C=C2Cl. The summed E-state index contributed by atoms with van der Waals surface area (Å²) in [6.45, 7) is 3.77. The summed E-state index contributed by atoms with van der Waals surface area (Å²) in [6, 6.07) is 0. The molecule has 2 aliphatic rings. The first-order valence-corrected chi connectivity index (χ1v) is 7.14. The average Bonchev–Trinajstić information content (AvgIpc) is 2.86. The van der Waals surface area contributed by atoms with Crippen LogP contribution in [-0.2, 0) is 23.9 Å². The first-order chi connectivity index (χ1) is 10.4. The van der Waals surface area contributed by atoms with Gasteiger partial charge in [0.2, 0.25) is 0 Å². The molecule has 2 rings (SSSR count). The molecule has 118 valence electrons. The zero-order valence-corrected chi connectivity index (χ0v) is 13.2. The molecular weight excluding hydrogens is 308 g/mol. The van der Waals surface area contributed by atoms with Gasteiger partial charge in [-0.3, -0.25) is 14.4 Å². The maximum absolute atomic E-state index is 12.3. The van der Waals surface area contributed by atoms with E-state index in [0.29, 0.717) is 5.03 Å². The van der Waals surface area contributed by atoms with Crippen molar-refractivity contribution in [1.82, 2.24) is 0 Å². The predicted octanol–water partition coefficient (Wildman–Crippen LogP) is 2.16. The first-order valence-electron chi connectivity index (χ1n) is 6.76. The van der Waals surface area contributed by atoms with E-state index >= 15 is 0 Å². The zero-order valence-electron chi connectivity index (χ0n) is 12.4. The molecule has 0 amide bonds. The van der Waals surface area contributed by atoms with Crippen LogP contribution in [0.2, 0.25) is 0 Å². The van der Waals surface area contributed by atoms with E-state index in [-0.39, 0.29) is 24.5 Å². The van der Waals surface area contributed by atoms with E-state index in [1.807, 2.05) is 0 Å². The maximum Gasteiger partial charge on any atom is 0.323 e. The summed E-state index contributed by atoms with van der Waals surface area (Å²) in [5.41, 5.74) is -2.28. The summed E-state index contributed by atoms with van der Waals surface area (Å²) < 4.78 is 9.63. The Labute approximate surface area is 133 Å². The van der Waals surface area contributed by atoms with E-state index in [0.717, 1.165) is 0 Å². The molecule has 0 aromatic rings. The normalized spacial score (nSPS) is 29.1. The largest absolute Gasteiger partial charge is 0.468 e. The minimum Gasteiger partial charge on any atom is -0.468 e. The number of allylic oxidation sites excluding steroid dienone is 5. The van der Waals surface area contributed by atoms with Crippen molar-refractivity contribution in [3.63, 3.8) is 0 Å². The summed E-state index contributed by atoms with van der Waals surface area (Å²) in [7, 11) is 2.44. The van der Waals surface area contributed by atoms with E-state index in [1.54, 1.807) is 12.2 Å². The lowest BCUT2D eigenvalue weighted by molar-refractivity contribution is -0.169. The lowest BCUT2D eigenvalue weighted by Crippen LogP contribution is -2.40. The van der Waals surface area contributed by atoms with Crippen LogP contribution in [-0.4, -0.2) is 31.9 Å². The first kappa shape index (κ1) is 16.5. The van der Waals surface area contributed by atoms with Crippen molar-refractivity contribution in [1.29, 1.82) is 0 Å². The molecular formula is C16H17ClO5. The molecule has 0 unspecified atom stereocenters. The van der Waals surface area contributed by atoms with Crippen LogP contribution < -0.4 is 0 Å². The van der Waals surface area contributed by atoms with Gasteiger partial charge >= 0.3 is 11.9 Å². The van der Waals surface area contributed by atoms with Crippen molar-refractivity contribution in [3.05, 3.63) is 35.9 Å². The fourth-order valence-electron chi connectivity index (χ4n) is 3.40. The van der Waals surface area contributed by atoms with Gasteiger partial charge in [-0.15, -0.1) is 6.58 Å². The molecule has 5 nitrogen and oxygen atoms in total. The molecule has 2 atom stereocenters. The molecule has 6 heteroatoms. The van der Waals surface area contributed by atoms with Crippen molar-refractivity contribution in [2.24, 2.45) is 16.7 Å². The van der Waals surface area contributed by atoms with Crippen LogP contribution in [0.5, 0.6) is 0 Å². The van der Waals surface area contributed by atoms with Gasteiger partial charge in [0.25, 0.3) is 0 Å². The monoisotopic (exact) mass is 324 g/mol. The van der Waals surface area contributed by atoms with Gasteiger partial charge in [0.1, 0.15) is 0 Å². The predicted molar refractivity (Wildman–Crippen MR) is 79.9 cm³/mol. The van der Waals surface area contributed by atoms with Crippen LogP contribution >= 0.6 is 11.6 Å². The molecule has 0 aromatic carbocycles. The molecule has 1 spiro atoms. The third-order valence-corrected chi connectivity index (χ3v) is 4.98. The highest BCUT2D eigenvalue weighted by Crippen LogP contribution is 2.60. The van der Waals surface area contributed by atoms with Crippen LogP contribution in [0, 0.1) is 16.7 Å². The number of carbonyl (C=O) groups excluding carboxylic acids is 3. The molecule has 0 heterocycles. The second-order valence-corrected chi connectivity index (χ2v) is 5.96. The van der Waals surface area contributed by atoms with Crippen LogP contribution in [0.25, 0.3) is 0 Å². The third kappa shape index (κ3) is 2.20. The Hall–Kier alpha value is -1.88. The number of halogens is 1. The van der Waals surface area contributed by atoms with E-state index in [4.69, 9.17) is 21.1 Å². The molecule has 0 radical (unpaired) electrons. The summed E-state index contributed by atoms with van der Waals surface area (Å²) >= 11 is 6.31. The Morgan fingerprint density at radius 2 is 1.95 bits per heavy atom. The lowest BCUT2D eigenvalue weighted by atomic mass is 9.73. The number of hydrogen-bond donors (Lipinski definition) is 0. The second kappa shape index (κ2) is 5.72. The van der Waals surface area contributed by atoms with Gasteiger partial charge in [-0.25, -0.2) is 0 Å². The van der Waals surface area contributed by atoms with E-state index in [9.17, 15) is 14.4 Å². The fraction of sp³-hybridized carbons (Fsp3) is 0.438. The summed E-state index contributed by atoms with van der Waals surface area (Å²) in [6.07, 6.45) is 6.24. The summed E-state index contributed by atoms with van der Waals surface area (Å²) in [4.78, 5) is 36.1. The molecule has 1 saturated carbocycles. The number of methoxy groups -OCH3 is 2. The number of ketones is 1. The number of esters is 2. The van der Waals surface area contributed by atoms with Crippen LogP contribution in [0.3, 0.4) is 0 Å². The van der Waals surface area contributed by atoms with Gasteiger partial charge in [0.15, 0.2) is 11.2 Å². The van der Waals surface area contributed by atoms with Crippen LogP contribution in [0.15, 0.2) is 35.9 Å². The molecule has 0 N–H and O–H groups in total. The molecule has 0 aliphatic heterocycles. The minimum atomic E-state index is -1.46. The van der Waals surface area contributed by atoms with Gasteiger partial charge in [-0.1, -0.05) is 23.8 Å². The summed E-state index contributed by atoms with van der Waals surface area (Å²) in [5.74, 6) is -1.86. The Bertz CT molecular complexity index is 588. The number of carbonyl (C=O) groups is 3. The quantitative estimate of drug-likeness (QED) is 0.452. The highest BCUT2D eigenvalue weighted by Gasteiger charge is 2.63. The van der Waals surface area contributed by atoms with Crippen molar-refractivity contribution in [2.75, 3.05) is 14.2 Å². The Morgan fingerprint density at radius 1 is 1.36 bits per heavy atom. The van der Waals surface area contributed by atoms with Crippen molar-refractivity contribution in [2.45, 2.75) is 12.8 Å². The molecule has 0 bridgehead atoms. The van der Waals surface area contributed by atoms with E-state index in [1.165, 1.54) is 26.4 Å². The number of hydrogen-bond acceptors (Lipinski definition) is 5. The molecule has 22 heavy (non-hydrogen) atoms. The van der Waals surface area contributed by atoms with E-state index < -0.39 is 22.8 Å². The smallest absolute Gasteiger partial charge is 0.323 e. The highest BCUT2D eigenvalue weighted by atomic mass is 35.5. The van der Waals surface area contributed by atoms with Crippen molar-refractivity contribution in [3.8, 4) is 0 Å². The molecule has 1 fully saturated rings. The van der Waals surface area contributed by atoms with Crippen molar-refractivity contribution < 1.29 is 23.9 Å². The van der Waals surface area contributed by atoms with Crippen LogP contribution in [0.1, 0.15) is 12.8 Å². The van der Waals surface area contributed by atoms with Gasteiger partial charge in [0.05, 0.1) is 14.2 Å². The fourth-order valence-corrected chi connectivity index (χ4v) is 3.78. The number of ether oxygens (including phenoxy) is 2. The van der Waals surface area contributed by atoms with Crippen LogP contribution in [0.4, 0.5) is 0 Å². The molecule has 2 aliphatic carbocycles. The topological polar surface area (TPSA) is 69.7 Å². The van der Waals surface area contributed by atoms with Gasteiger partial charge in [-0.05, 0) is 24.8 Å². The Balaban J connectivity index is 2.56. The van der Waals surface area contributed by atoms with Gasteiger partial charge in [-0.2, -0.15) is 0 Å². The standard InChI is InChI=1S/C16H17ClO5/c1-4-10-8-16(13(19)21-2,14(20)22-3)9-15(10)6-5-11(18)7-12(15)17/h4-7,10H,1,8-9H2,2-3H3/t10-,15-/m0/s1. The van der Waals surface area contributed by atoms with Gasteiger partial charge in [0, 0.05) is 16.5 Å². The van der Waals surface area contributed by atoms with Crippen molar-refractivity contribution >= 4 is 29.3 Å². The van der Waals surface area contributed by atoms with Gasteiger partial charge < -0.3 is 9.47 Å². The minimum absolute atomic E-state index is 0.0785. The maximum atomic E-state index is 12.3.